The number of methoxy groups -OCH3 is 1. The number of amides is 1. The van der Waals surface area contributed by atoms with Crippen molar-refractivity contribution in [2.45, 2.75) is 18.6 Å². The number of nitrogens with one attached hydrogen (secondary N) is 2. The molecule has 0 aliphatic carbocycles. The molecule has 5 heteroatoms. The van der Waals surface area contributed by atoms with E-state index in [-0.39, 0.29) is 18.1 Å². The van der Waals surface area contributed by atoms with Crippen molar-refractivity contribution in [1.82, 2.24) is 10.8 Å². The number of hydroxylamine groups is 1. The molecule has 0 aromatic carbocycles. The number of carbonyl (C=O) groups is 1. The van der Waals surface area contributed by atoms with Crippen LogP contribution in [0.1, 0.15) is 6.42 Å². The van der Waals surface area contributed by atoms with E-state index in [1.165, 1.54) is 7.11 Å². The van der Waals surface area contributed by atoms with Crippen molar-refractivity contribution in [1.29, 1.82) is 0 Å². The quantitative estimate of drug-likeness (QED) is 0.541. The van der Waals surface area contributed by atoms with Gasteiger partial charge in [0, 0.05) is 13.7 Å². The van der Waals surface area contributed by atoms with Gasteiger partial charge in [-0.2, -0.15) is 0 Å². The van der Waals surface area contributed by atoms with Gasteiger partial charge >= 0.3 is 0 Å². The van der Waals surface area contributed by atoms with Crippen molar-refractivity contribution in [2.24, 2.45) is 0 Å². The Morgan fingerprint density at radius 3 is 2.83 bits per heavy atom. The summed E-state index contributed by atoms with van der Waals surface area (Å²) in [6, 6.07) is -0.185. The lowest BCUT2D eigenvalue weighted by Crippen LogP contribution is -2.39. The van der Waals surface area contributed by atoms with E-state index in [0.717, 1.165) is 6.54 Å². The van der Waals surface area contributed by atoms with Crippen LogP contribution in [0.5, 0.6) is 0 Å². The van der Waals surface area contributed by atoms with E-state index >= 15 is 0 Å². The molecule has 12 heavy (non-hydrogen) atoms. The second-order valence-corrected chi connectivity index (χ2v) is 2.72. The minimum atomic E-state index is -0.185. The molecule has 1 rings (SSSR count). The van der Waals surface area contributed by atoms with Crippen LogP contribution in [0.2, 0.25) is 0 Å². The molecular formula is C7H14N2O3. The molecule has 0 aromatic heterocycles. The first kappa shape index (κ1) is 9.44. The average Bonchev–Trinajstić information content (AvgIpc) is 2.52. The van der Waals surface area contributed by atoms with Gasteiger partial charge in [-0.15, -0.1) is 0 Å². The molecule has 0 aromatic rings. The van der Waals surface area contributed by atoms with E-state index < -0.39 is 0 Å². The predicted octanol–water partition coefficient (Wildman–Crippen LogP) is -0.959. The van der Waals surface area contributed by atoms with Crippen molar-refractivity contribution in [3.05, 3.63) is 0 Å². The fourth-order valence-corrected chi connectivity index (χ4v) is 1.25. The van der Waals surface area contributed by atoms with Crippen LogP contribution in [0.4, 0.5) is 0 Å². The highest BCUT2D eigenvalue weighted by Gasteiger charge is 2.29. The van der Waals surface area contributed by atoms with Crippen LogP contribution in [0.15, 0.2) is 0 Å². The van der Waals surface area contributed by atoms with Crippen LogP contribution >= 0.6 is 0 Å². The van der Waals surface area contributed by atoms with E-state index in [0.29, 0.717) is 6.42 Å². The molecule has 0 spiro atoms. The normalized spacial score (nSPS) is 28.8. The number of hydrogen-bond acceptors (Lipinski definition) is 4. The Labute approximate surface area is 71.4 Å². The second-order valence-electron chi connectivity index (χ2n) is 2.72. The van der Waals surface area contributed by atoms with Crippen molar-refractivity contribution in [3.63, 3.8) is 0 Å². The Bertz CT molecular complexity index is 163. The Hall–Kier alpha value is -0.650. The van der Waals surface area contributed by atoms with Crippen LogP contribution in [0.3, 0.4) is 0 Å². The van der Waals surface area contributed by atoms with Crippen molar-refractivity contribution >= 4 is 5.91 Å². The molecule has 1 fully saturated rings. The van der Waals surface area contributed by atoms with E-state index in [4.69, 9.17) is 4.74 Å². The minimum absolute atomic E-state index is 0.137. The van der Waals surface area contributed by atoms with Crippen LogP contribution < -0.4 is 10.8 Å². The highest BCUT2D eigenvalue weighted by Crippen LogP contribution is 2.08. The van der Waals surface area contributed by atoms with Gasteiger partial charge in [0.05, 0.1) is 19.3 Å². The Morgan fingerprint density at radius 2 is 2.33 bits per heavy atom. The molecule has 0 bridgehead atoms. The first-order valence-corrected chi connectivity index (χ1v) is 3.87. The molecule has 1 saturated heterocycles. The molecule has 1 aliphatic heterocycles. The van der Waals surface area contributed by atoms with Gasteiger partial charge in [-0.1, -0.05) is 0 Å². The maximum Gasteiger partial charge on any atom is 0.260 e. The third kappa shape index (κ3) is 2.17. The van der Waals surface area contributed by atoms with Crippen molar-refractivity contribution in [2.75, 3.05) is 20.8 Å². The second kappa shape index (κ2) is 4.39. The lowest BCUT2D eigenvalue weighted by Gasteiger charge is -2.08. The maximum absolute atomic E-state index is 11.2. The largest absolute Gasteiger partial charge is 0.380 e. The molecule has 70 valence electrons. The standard InChI is InChI=1S/C7H14N2O3/c1-11-5-3-6(8-4-5)7(10)9-12-2/h5-6,8H,3-4H2,1-2H3,(H,9,10)/t5-,6-/m0/s1. The SMILES string of the molecule is CONC(=O)[C@@H]1C[C@H](OC)CN1. The molecule has 1 aliphatic rings. The first-order chi connectivity index (χ1) is 5.77. The van der Waals surface area contributed by atoms with Crippen LogP contribution in [0, 0.1) is 0 Å². The molecule has 0 radical (unpaired) electrons. The molecule has 1 amide bonds. The fourth-order valence-electron chi connectivity index (χ4n) is 1.25. The van der Waals surface area contributed by atoms with Crippen LogP contribution in [-0.4, -0.2) is 38.8 Å². The lowest BCUT2D eigenvalue weighted by atomic mass is 10.2. The van der Waals surface area contributed by atoms with Gasteiger partial charge in [-0.25, -0.2) is 5.48 Å². The Kier molecular flexibility index (Phi) is 3.46. The zero-order valence-corrected chi connectivity index (χ0v) is 7.29. The number of rotatable bonds is 3. The Morgan fingerprint density at radius 1 is 1.58 bits per heavy atom. The molecule has 1 heterocycles. The van der Waals surface area contributed by atoms with Gasteiger partial charge in [0.2, 0.25) is 0 Å². The number of hydrogen-bond donors (Lipinski definition) is 2. The monoisotopic (exact) mass is 174 g/mol. The van der Waals surface area contributed by atoms with Gasteiger partial charge in [0.25, 0.3) is 5.91 Å². The van der Waals surface area contributed by atoms with Gasteiger partial charge in [-0.3, -0.25) is 9.63 Å². The summed E-state index contributed by atoms with van der Waals surface area (Å²) in [7, 11) is 3.06. The maximum atomic E-state index is 11.2. The topological polar surface area (TPSA) is 59.6 Å². The van der Waals surface area contributed by atoms with E-state index in [1.807, 2.05) is 0 Å². The molecule has 0 saturated carbocycles. The summed E-state index contributed by atoms with van der Waals surface area (Å²) in [5, 5.41) is 3.03. The van der Waals surface area contributed by atoms with E-state index in [9.17, 15) is 4.79 Å². The lowest BCUT2D eigenvalue weighted by molar-refractivity contribution is -0.133. The summed E-state index contributed by atoms with van der Waals surface area (Å²) in [6.45, 7) is 0.721. The Balaban J connectivity index is 2.31. The van der Waals surface area contributed by atoms with Crippen molar-refractivity contribution in [3.8, 4) is 0 Å². The first-order valence-electron chi connectivity index (χ1n) is 3.87. The molecule has 2 atom stereocenters. The summed E-state index contributed by atoms with van der Waals surface area (Å²) in [5.74, 6) is -0.142. The highest BCUT2D eigenvalue weighted by molar-refractivity contribution is 5.81. The summed E-state index contributed by atoms with van der Waals surface area (Å²) in [4.78, 5) is 15.7. The van der Waals surface area contributed by atoms with Crippen molar-refractivity contribution < 1.29 is 14.4 Å². The average molecular weight is 174 g/mol. The van der Waals surface area contributed by atoms with E-state index in [2.05, 4.69) is 15.6 Å². The summed E-state index contributed by atoms with van der Waals surface area (Å²) < 4.78 is 5.09. The third-order valence-corrected chi connectivity index (χ3v) is 1.94. The summed E-state index contributed by atoms with van der Waals surface area (Å²) in [6.07, 6.45) is 0.837. The molecule has 5 nitrogen and oxygen atoms in total. The molecular weight excluding hydrogens is 160 g/mol. The molecule has 2 N–H and O–H groups in total. The summed E-state index contributed by atoms with van der Waals surface area (Å²) >= 11 is 0. The zero-order valence-electron chi connectivity index (χ0n) is 7.29. The predicted molar refractivity (Wildman–Crippen MR) is 42.4 cm³/mol. The van der Waals surface area contributed by atoms with Crippen LogP contribution in [-0.2, 0) is 14.4 Å². The smallest absolute Gasteiger partial charge is 0.260 e. The summed E-state index contributed by atoms with van der Waals surface area (Å²) in [5.41, 5.74) is 2.28. The van der Waals surface area contributed by atoms with Crippen LogP contribution in [0.25, 0.3) is 0 Å². The fraction of sp³-hybridized carbons (Fsp3) is 0.857. The molecule has 0 unspecified atom stereocenters. The number of ether oxygens (including phenoxy) is 1. The minimum Gasteiger partial charge on any atom is -0.380 e. The van der Waals surface area contributed by atoms with Gasteiger partial charge in [0.15, 0.2) is 0 Å². The highest BCUT2D eigenvalue weighted by atomic mass is 16.6. The van der Waals surface area contributed by atoms with Gasteiger partial charge in [0.1, 0.15) is 0 Å². The van der Waals surface area contributed by atoms with Gasteiger partial charge < -0.3 is 10.1 Å². The number of carbonyl (C=O) groups excluding carboxylic acids is 1. The third-order valence-electron chi connectivity index (χ3n) is 1.94. The van der Waals surface area contributed by atoms with E-state index in [1.54, 1.807) is 7.11 Å². The zero-order chi connectivity index (χ0) is 8.97. The van der Waals surface area contributed by atoms with Gasteiger partial charge in [-0.05, 0) is 6.42 Å².